The van der Waals surface area contributed by atoms with Crippen LogP contribution in [0.25, 0.3) is 31.7 Å². The molecule has 39 heavy (non-hydrogen) atoms. The number of amides is 1. The molecule has 0 unspecified atom stereocenters. The topological polar surface area (TPSA) is 58.6 Å². The van der Waals surface area contributed by atoms with E-state index < -0.39 is 0 Å². The van der Waals surface area contributed by atoms with Crippen LogP contribution in [0.5, 0.6) is 0 Å². The minimum atomic E-state index is -0.0273. The van der Waals surface area contributed by atoms with Crippen molar-refractivity contribution in [2.45, 2.75) is 19.8 Å². The Morgan fingerprint density at radius 1 is 1.05 bits per heavy atom. The fourth-order valence-electron chi connectivity index (χ4n) is 5.00. The fourth-order valence-corrected chi connectivity index (χ4v) is 6.73. The zero-order chi connectivity index (χ0) is 25.9. The largest absolute Gasteiger partial charge is 0.379 e. The summed E-state index contributed by atoms with van der Waals surface area (Å²) in [5.41, 5.74) is 4.53. The molecule has 9 heteroatoms. The molecule has 6 nitrogen and oxygen atoms in total. The minimum Gasteiger partial charge on any atom is -0.379 e. The van der Waals surface area contributed by atoms with Gasteiger partial charge in [-0.05, 0) is 48.1 Å². The van der Waals surface area contributed by atoms with Crippen molar-refractivity contribution in [2.24, 2.45) is 0 Å². The summed E-state index contributed by atoms with van der Waals surface area (Å²) >= 11 is 3.23. The lowest BCUT2D eigenvalue weighted by Crippen LogP contribution is -2.39. The molecule has 5 aromatic rings. The number of fused-ring (bicyclic) bond motifs is 2. The highest BCUT2D eigenvalue weighted by Gasteiger charge is 2.25. The molecule has 0 N–H and O–H groups in total. The van der Waals surface area contributed by atoms with Gasteiger partial charge in [0, 0.05) is 31.6 Å². The SMILES string of the molecule is CCc1cccc2sc(N(CCCN3CCOCC3)C(=O)c3cc(-c4cccs4)nc4ccccc34)nc12.Cl. The molecule has 0 bridgehead atoms. The van der Waals surface area contributed by atoms with Crippen molar-refractivity contribution in [1.29, 1.82) is 0 Å². The highest BCUT2D eigenvalue weighted by atomic mass is 35.5. The molecule has 202 valence electrons. The smallest absolute Gasteiger partial charge is 0.260 e. The van der Waals surface area contributed by atoms with E-state index in [1.807, 2.05) is 46.7 Å². The van der Waals surface area contributed by atoms with Gasteiger partial charge in [-0.3, -0.25) is 14.6 Å². The summed E-state index contributed by atoms with van der Waals surface area (Å²) in [6.45, 7) is 7.10. The van der Waals surface area contributed by atoms with Crippen LogP contribution in [-0.2, 0) is 11.2 Å². The number of anilines is 1. The monoisotopic (exact) mass is 578 g/mol. The number of benzene rings is 2. The summed E-state index contributed by atoms with van der Waals surface area (Å²) in [5, 5.41) is 3.66. The lowest BCUT2D eigenvalue weighted by molar-refractivity contribution is 0.0376. The molecule has 3 aromatic heterocycles. The number of para-hydroxylation sites is 2. The number of aryl methyl sites for hydroxylation is 1. The molecule has 1 aliphatic rings. The van der Waals surface area contributed by atoms with Gasteiger partial charge >= 0.3 is 0 Å². The van der Waals surface area contributed by atoms with Gasteiger partial charge in [-0.2, -0.15) is 0 Å². The predicted molar refractivity (Wildman–Crippen MR) is 165 cm³/mol. The summed E-state index contributed by atoms with van der Waals surface area (Å²) < 4.78 is 6.63. The summed E-state index contributed by atoms with van der Waals surface area (Å²) in [4.78, 5) is 29.7. The van der Waals surface area contributed by atoms with E-state index in [0.29, 0.717) is 12.1 Å². The number of rotatable bonds is 8. The first-order chi connectivity index (χ1) is 18.7. The zero-order valence-corrected chi connectivity index (χ0v) is 24.3. The second-order valence-corrected chi connectivity index (χ2v) is 11.4. The van der Waals surface area contributed by atoms with E-state index in [1.165, 1.54) is 5.56 Å². The van der Waals surface area contributed by atoms with E-state index in [2.05, 4.69) is 36.1 Å². The lowest BCUT2D eigenvalue weighted by Gasteiger charge is -2.28. The molecule has 0 spiro atoms. The van der Waals surface area contributed by atoms with Crippen LogP contribution in [-0.4, -0.2) is 60.2 Å². The number of pyridine rings is 1. The molecule has 6 rings (SSSR count). The van der Waals surface area contributed by atoms with E-state index >= 15 is 0 Å². The van der Waals surface area contributed by atoms with Crippen molar-refractivity contribution in [3.63, 3.8) is 0 Å². The van der Waals surface area contributed by atoms with Crippen LogP contribution in [0.4, 0.5) is 5.13 Å². The number of carbonyl (C=O) groups is 1. The van der Waals surface area contributed by atoms with Gasteiger partial charge in [0.1, 0.15) is 0 Å². The first-order valence-electron chi connectivity index (χ1n) is 13.2. The highest BCUT2D eigenvalue weighted by Crippen LogP contribution is 2.34. The second-order valence-electron chi connectivity index (χ2n) is 9.43. The van der Waals surface area contributed by atoms with Crippen LogP contribution in [0.15, 0.2) is 66.0 Å². The molecular formula is C30H31ClN4O2S2. The maximum atomic E-state index is 14.4. The van der Waals surface area contributed by atoms with Crippen LogP contribution in [0.3, 0.4) is 0 Å². The normalized spacial score (nSPS) is 14.0. The van der Waals surface area contributed by atoms with E-state index in [4.69, 9.17) is 14.7 Å². The zero-order valence-electron chi connectivity index (χ0n) is 21.8. The van der Waals surface area contributed by atoms with Gasteiger partial charge in [-0.15, -0.1) is 23.7 Å². The summed E-state index contributed by atoms with van der Waals surface area (Å²) in [6.07, 6.45) is 1.77. The fraction of sp³-hybridized carbons (Fsp3) is 0.300. The molecule has 1 fully saturated rings. The minimum absolute atomic E-state index is 0. The third-order valence-corrected chi connectivity index (χ3v) is 8.96. The van der Waals surface area contributed by atoms with Crippen molar-refractivity contribution >= 4 is 67.2 Å². The number of halogens is 1. The Morgan fingerprint density at radius 3 is 2.69 bits per heavy atom. The van der Waals surface area contributed by atoms with Gasteiger partial charge in [0.2, 0.25) is 0 Å². The average Bonchev–Trinajstić information content (AvgIpc) is 3.65. The van der Waals surface area contributed by atoms with Crippen molar-refractivity contribution in [3.05, 3.63) is 77.2 Å². The molecule has 0 radical (unpaired) electrons. The molecule has 2 aromatic carbocycles. The Kier molecular flexibility index (Phi) is 8.89. The van der Waals surface area contributed by atoms with E-state index in [-0.39, 0.29) is 18.3 Å². The standard InChI is InChI=1S/C30H30N4O2S2.ClH/c1-2-21-8-5-11-27-28(21)32-30(38-27)34(14-7-13-33-15-17-36-18-16-33)29(35)23-20-25(26-12-6-19-37-26)31-24-10-4-3-9-22(23)24;/h3-6,8-12,19-20H,2,7,13-18H2,1H3;1H. The van der Waals surface area contributed by atoms with Gasteiger partial charge in [0.25, 0.3) is 5.91 Å². The Hall–Kier alpha value is -2.88. The third kappa shape index (κ3) is 5.85. The molecule has 1 amide bonds. The second kappa shape index (κ2) is 12.5. The summed E-state index contributed by atoms with van der Waals surface area (Å²) in [7, 11) is 0. The number of hydrogen-bond acceptors (Lipinski definition) is 7. The molecule has 0 saturated carbocycles. The van der Waals surface area contributed by atoms with Crippen LogP contribution < -0.4 is 4.90 Å². The Labute approximate surface area is 242 Å². The van der Waals surface area contributed by atoms with Gasteiger partial charge in [0.05, 0.1) is 45.1 Å². The summed E-state index contributed by atoms with van der Waals surface area (Å²) in [5.74, 6) is -0.0273. The van der Waals surface area contributed by atoms with Crippen molar-refractivity contribution in [2.75, 3.05) is 44.3 Å². The number of aromatic nitrogens is 2. The van der Waals surface area contributed by atoms with Crippen LogP contribution in [0, 0.1) is 0 Å². The Bertz CT molecular complexity index is 1560. The van der Waals surface area contributed by atoms with E-state index in [0.717, 1.165) is 82.5 Å². The van der Waals surface area contributed by atoms with Crippen molar-refractivity contribution in [1.82, 2.24) is 14.9 Å². The third-order valence-electron chi connectivity index (χ3n) is 7.03. The Morgan fingerprint density at radius 2 is 1.90 bits per heavy atom. The molecule has 0 aliphatic carbocycles. The quantitative estimate of drug-likeness (QED) is 0.200. The average molecular weight is 579 g/mol. The van der Waals surface area contributed by atoms with Crippen LogP contribution >= 0.6 is 35.1 Å². The van der Waals surface area contributed by atoms with Crippen LogP contribution in [0.1, 0.15) is 29.3 Å². The molecule has 0 atom stereocenters. The van der Waals surface area contributed by atoms with Gasteiger partial charge in [-0.1, -0.05) is 54.7 Å². The van der Waals surface area contributed by atoms with E-state index in [1.54, 1.807) is 22.7 Å². The molecular weight excluding hydrogens is 548 g/mol. The maximum absolute atomic E-state index is 14.4. The number of thiophene rings is 1. The highest BCUT2D eigenvalue weighted by molar-refractivity contribution is 7.22. The number of hydrogen-bond donors (Lipinski definition) is 0. The van der Waals surface area contributed by atoms with E-state index in [9.17, 15) is 4.79 Å². The van der Waals surface area contributed by atoms with Crippen molar-refractivity contribution < 1.29 is 9.53 Å². The van der Waals surface area contributed by atoms with Crippen molar-refractivity contribution in [3.8, 4) is 10.6 Å². The number of ether oxygens (including phenoxy) is 1. The Balaban J connectivity index is 0.00000308. The predicted octanol–water partition coefficient (Wildman–Crippen LogP) is 6.93. The first-order valence-corrected chi connectivity index (χ1v) is 14.8. The van der Waals surface area contributed by atoms with Gasteiger partial charge in [-0.25, -0.2) is 9.97 Å². The number of nitrogens with zero attached hydrogens (tertiary/aromatic N) is 4. The number of morpholine rings is 1. The molecule has 1 saturated heterocycles. The summed E-state index contributed by atoms with van der Waals surface area (Å²) in [6, 6.07) is 20.3. The number of thiazole rings is 1. The van der Waals surface area contributed by atoms with Gasteiger partial charge < -0.3 is 4.74 Å². The molecule has 4 heterocycles. The maximum Gasteiger partial charge on any atom is 0.260 e. The van der Waals surface area contributed by atoms with Gasteiger partial charge in [0.15, 0.2) is 5.13 Å². The lowest BCUT2D eigenvalue weighted by atomic mass is 10.1. The number of carbonyl (C=O) groups excluding carboxylic acids is 1. The van der Waals surface area contributed by atoms with Crippen LogP contribution in [0.2, 0.25) is 0 Å². The first kappa shape index (κ1) is 27.7. The molecule has 1 aliphatic heterocycles.